The highest BCUT2D eigenvalue weighted by molar-refractivity contribution is 14.1. The van der Waals surface area contributed by atoms with E-state index < -0.39 is 0 Å². The first-order valence-electron chi connectivity index (χ1n) is 6.49. The summed E-state index contributed by atoms with van der Waals surface area (Å²) in [6.45, 7) is 8.79. The van der Waals surface area contributed by atoms with Crippen LogP contribution in [0.5, 0.6) is 0 Å². The summed E-state index contributed by atoms with van der Waals surface area (Å²) in [5, 5.41) is 0. The average molecular weight is 466 g/mol. The second-order valence-electron chi connectivity index (χ2n) is 5.67. The smallest absolute Gasteiger partial charge is 0.0133 e. The van der Waals surface area contributed by atoms with Gasteiger partial charge in [-0.05, 0) is 80.4 Å². The Kier molecular flexibility index (Phi) is 4.79. The van der Waals surface area contributed by atoms with Gasteiger partial charge in [-0.3, -0.25) is 0 Å². The van der Waals surface area contributed by atoms with Gasteiger partial charge in [0, 0.05) is 3.57 Å². The van der Waals surface area contributed by atoms with Gasteiger partial charge in [-0.2, -0.15) is 0 Å². The predicted molar refractivity (Wildman–Crippen MR) is 96.7 cm³/mol. The Morgan fingerprint density at radius 3 is 2.72 bits per heavy atom. The van der Waals surface area contributed by atoms with E-state index in [1.807, 2.05) is 0 Å². The van der Waals surface area contributed by atoms with Crippen LogP contribution in [-0.4, -0.2) is 4.43 Å². The Morgan fingerprint density at radius 1 is 1.39 bits per heavy atom. The molecule has 2 rings (SSSR count). The molecule has 1 aliphatic carbocycles. The molecule has 2 heteroatoms. The van der Waals surface area contributed by atoms with Gasteiger partial charge >= 0.3 is 0 Å². The van der Waals surface area contributed by atoms with Gasteiger partial charge in [0.2, 0.25) is 0 Å². The van der Waals surface area contributed by atoms with Gasteiger partial charge in [0.1, 0.15) is 0 Å². The fourth-order valence-electron chi connectivity index (χ4n) is 3.48. The zero-order chi connectivity index (χ0) is 13.3. The molecule has 0 amide bonds. The zero-order valence-corrected chi connectivity index (χ0v) is 15.4. The van der Waals surface area contributed by atoms with Gasteiger partial charge < -0.3 is 0 Å². The van der Waals surface area contributed by atoms with Gasteiger partial charge in [-0.1, -0.05) is 48.6 Å². The highest BCUT2D eigenvalue weighted by Gasteiger charge is 2.44. The minimum Gasteiger partial charge on any atom is -0.103 e. The Balaban J connectivity index is 2.50. The van der Waals surface area contributed by atoms with E-state index in [0.29, 0.717) is 11.3 Å². The first-order valence-corrected chi connectivity index (χ1v) is 9.09. The molecule has 0 bridgehead atoms. The van der Waals surface area contributed by atoms with Crippen molar-refractivity contribution in [3.8, 4) is 0 Å². The monoisotopic (exact) mass is 466 g/mol. The number of hydrogen-bond acceptors (Lipinski definition) is 0. The van der Waals surface area contributed by atoms with Gasteiger partial charge in [-0.15, -0.1) is 6.58 Å². The first-order chi connectivity index (χ1) is 8.52. The van der Waals surface area contributed by atoms with Gasteiger partial charge in [0.25, 0.3) is 0 Å². The van der Waals surface area contributed by atoms with Crippen molar-refractivity contribution in [2.24, 2.45) is 5.92 Å². The lowest BCUT2D eigenvalue weighted by Gasteiger charge is -2.31. The van der Waals surface area contributed by atoms with E-state index in [4.69, 9.17) is 0 Å². The largest absolute Gasteiger partial charge is 0.103 e. The fraction of sp³-hybridized carbons (Fsp3) is 0.500. The summed E-state index contributed by atoms with van der Waals surface area (Å²) >= 11 is 4.94. The maximum atomic E-state index is 3.95. The normalized spacial score (nSPS) is 24.9. The maximum absolute atomic E-state index is 3.95. The molecule has 2 atom stereocenters. The second-order valence-corrected chi connectivity index (χ2v) is 7.99. The zero-order valence-electron chi connectivity index (χ0n) is 11.0. The van der Waals surface area contributed by atoms with Crippen LogP contribution in [-0.2, 0) is 5.41 Å². The topological polar surface area (TPSA) is 0 Å². The summed E-state index contributed by atoms with van der Waals surface area (Å²) < 4.78 is 2.59. The number of benzene rings is 1. The third-order valence-electron chi connectivity index (χ3n) is 4.36. The summed E-state index contributed by atoms with van der Waals surface area (Å²) in [6.07, 6.45) is 4.50. The average Bonchev–Trinajstić information content (AvgIpc) is 2.52. The third kappa shape index (κ3) is 2.51. The molecular weight excluding hydrogens is 446 g/mol. The minimum absolute atomic E-state index is 0.301. The van der Waals surface area contributed by atoms with Crippen LogP contribution in [0.3, 0.4) is 0 Å². The lowest BCUT2D eigenvalue weighted by molar-refractivity contribution is 0.297. The van der Waals surface area contributed by atoms with Crippen molar-refractivity contribution in [1.82, 2.24) is 0 Å². The van der Waals surface area contributed by atoms with E-state index in [9.17, 15) is 0 Å². The van der Waals surface area contributed by atoms with Crippen LogP contribution in [0.2, 0.25) is 0 Å². The molecule has 0 nitrogen and oxygen atoms in total. The van der Waals surface area contributed by atoms with Crippen molar-refractivity contribution in [2.75, 3.05) is 4.43 Å². The Labute approximate surface area is 138 Å². The van der Waals surface area contributed by atoms with Crippen LogP contribution in [0.25, 0.3) is 0 Å². The fourth-order valence-corrected chi connectivity index (χ4v) is 4.64. The van der Waals surface area contributed by atoms with E-state index in [-0.39, 0.29) is 0 Å². The number of alkyl halides is 1. The summed E-state index contributed by atoms with van der Waals surface area (Å²) in [6, 6.07) is 6.98. The lowest BCUT2D eigenvalue weighted by atomic mass is 9.74. The molecule has 98 valence electrons. The standard InChI is InChI=1S/C16H20I2/c1-4-5-12-13-7-6-11(18)10-15(13)16(2,3)14(12)8-9-17/h4,6-7,10,12,14H,1,5,8-9H2,2-3H3/t12-,14?/m1/s1. The Bertz CT molecular complexity index is 448. The molecule has 0 radical (unpaired) electrons. The van der Waals surface area contributed by atoms with Crippen LogP contribution in [0.15, 0.2) is 30.9 Å². The van der Waals surface area contributed by atoms with Crippen molar-refractivity contribution in [3.05, 3.63) is 45.6 Å². The minimum atomic E-state index is 0.301. The van der Waals surface area contributed by atoms with Gasteiger partial charge in [-0.25, -0.2) is 0 Å². The molecule has 1 aromatic rings. The van der Waals surface area contributed by atoms with E-state index in [1.54, 1.807) is 11.1 Å². The molecule has 0 saturated carbocycles. The predicted octanol–water partition coefficient (Wildman–Crippen LogP) is 5.68. The van der Waals surface area contributed by atoms with Crippen molar-refractivity contribution in [2.45, 2.75) is 38.0 Å². The highest BCUT2D eigenvalue weighted by atomic mass is 127. The molecule has 18 heavy (non-hydrogen) atoms. The van der Waals surface area contributed by atoms with Crippen molar-refractivity contribution >= 4 is 45.2 Å². The molecule has 1 aliphatic rings. The molecular formula is C16H20I2. The molecule has 0 N–H and O–H groups in total. The van der Waals surface area contributed by atoms with Crippen LogP contribution in [0.4, 0.5) is 0 Å². The number of fused-ring (bicyclic) bond motifs is 1. The quantitative estimate of drug-likeness (QED) is 0.304. The van der Waals surface area contributed by atoms with Crippen LogP contribution < -0.4 is 0 Å². The van der Waals surface area contributed by atoms with E-state index >= 15 is 0 Å². The van der Waals surface area contributed by atoms with Crippen LogP contribution in [0.1, 0.15) is 43.7 Å². The number of halogens is 2. The number of rotatable bonds is 4. The summed E-state index contributed by atoms with van der Waals surface area (Å²) in [5.41, 5.74) is 3.43. The number of allylic oxidation sites excluding steroid dienone is 1. The lowest BCUT2D eigenvalue weighted by Crippen LogP contribution is -2.26. The van der Waals surface area contributed by atoms with Crippen molar-refractivity contribution in [3.63, 3.8) is 0 Å². The van der Waals surface area contributed by atoms with Crippen LogP contribution >= 0.6 is 45.2 Å². The molecule has 0 aromatic heterocycles. The Morgan fingerprint density at radius 2 is 2.11 bits per heavy atom. The molecule has 0 spiro atoms. The molecule has 0 saturated heterocycles. The van der Waals surface area contributed by atoms with E-state index in [1.165, 1.54) is 14.4 Å². The summed E-state index contributed by atoms with van der Waals surface area (Å²) in [4.78, 5) is 0. The molecule has 1 aromatic carbocycles. The van der Waals surface area contributed by atoms with Crippen molar-refractivity contribution in [1.29, 1.82) is 0 Å². The van der Waals surface area contributed by atoms with Crippen LogP contribution in [0, 0.1) is 9.49 Å². The molecule has 0 heterocycles. The summed E-state index contributed by atoms with van der Waals surface area (Å²) in [7, 11) is 0. The second kappa shape index (κ2) is 5.81. The highest BCUT2D eigenvalue weighted by Crippen LogP contribution is 2.53. The van der Waals surface area contributed by atoms with E-state index in [0.717, 1.165) is 12.3 Å². The third-order valence-corrected chi connectivity index (χ3v) is 5.66. The van der Waals surface area contributed by atoms with E-state index in [2.05, 4.69) is 89.9 Å². The molecule has 1 unspecified atom stereocenters. The van der Waals surface area contributed by atoms with Gasteiger partial charge in [0.15, 0.2) is 0 Å². The van der Waals surface area contributed by atoms with Gasteiger partial charge in [0.05, 0.1) is 0 Å². The molecule has 0 aliphatic heterocycles. The SMILES string of the molecule is C=CC[C@@H]1c2ccc(I)cc2C(C)(C)C1CCI. The molecule has 0 fully saturated rings. The summed E-state index contributed by atoms with van der Waals surface area (Å²) in [5.74, 6) is 1.42. The van der Waals surface area contributed by atoms with Crippen molar-refractivity contribution < 1.29 is 0 Å². The Hall–Kier alpha value is 0.420. The maximum Gasteiger partial charge on any atom is 0.0133 e. The first kappa shape index (κ1) is 14.8. The number of hydrogen-bond donors (Lipinski definition) is 0.